The highest BCUT2D eigenvalue weighted by molar-refractivity contribution is 7.91. The molecule has 2 rings (SSSR count). The van der Waals surface area contributed by atoms with Crippen LogP contribution in [0.2, 0.25) is 0 Å². The third-order valence-corrected chi connectivity index (χ3v) is 5.32. The summed E-state index contributed by atoms with van der Waals surface area (Å²) in [6, 6.07) is 9.39. The van der Waals surface area contributed by atoms with Gasteiger partial charge in [0.05, 0.1) is 11.5 Å². The summed E-state index contributed by atoms with van der Waals surface area (Å²) in [5, 5.41) is 2.65. The van der Waals surface area contributed by atoms with Crippen LogP contribution in [0.5, 0.6) is 0 Å². The lowest BCUT2D eigenvalue weighted by atomic mass is 10.1. The third-order valence-electron chi connectivity index (χ3n) is 3.48. The second-order valence-electron chi connectivity index (χ2n) is 5.40. The number of carbonyl (C=O) groups is 2. The van der Waals surface area contributed by atoms with E-state index in [-0.39, 0.29) is 36.4 Å². The fourth-order valence-corrected chi connectivity index (χ4v) is 4.18. The zero-order valence-corrected chi connectivity index (χ0v) is 13.0. The molecule has 0 aliphatic carbocycles. The van der Waals surface area contributed by atoms with Gasteiger partial charge in [0.1, 0.15) is 0 Å². The minimum atomic E-state index is -3.00. The van der Waals surface area contributed by atoms with E-state index in [1.807, 2.05) is 30.3 Å². The van der Waals surface area contributed by atoms with E-state index < -0.39 is 15.8 Å². The van der Waals surface area contributed by atoms with Gasteiger partial charge in [0.25, 0.3) is 5.91 Å². The molecule has 22 heavy (non-hydrogen) atoms. The van der Waals surface area contributed by atoms with E-state index >= 15 is 0 Å². The van der Waals surface area contributed by atoms with Crippen molar-refractivity contribution in [3.63, 3.8) is 0 Å². The Bertz CT molecular complexity index is 627. The van der Waals surface area contributed by atoms with Gasteiger partial charge in [-0.2, -0.15) is 0 Å². The van der Waals surface area contributed by atoms with Crippen molar-refractivity contribution in [2.75, 3.05) is 18.1 Å². The monoisotopic (exact) mass is 325 g/mol. The summed E-state index contributed by atoms with van der Waals surface area (Å²) >= 11 is 0. The van der Waals surface area contributed by atoms with Crippen LogP contribution in [-0.2, 0) is 30.7 Å². The molecule has 1 saturated heterocycles. The van der Waals surface area contributed by atoms with Gasteiger partial charge in [0, 0.05) is 13.0 Å². The molecule has 0 unspecified atom stereocenters. The first-order valence-corrected chi connectivity index (χ1v) is 8.93. The summed E-state index contributed by atoms with van der Waals surface area (Å²) in [7, 11) is -3.00. The lowest BCUT2D eigenvalue weighted by molar-refractivity contribution is -0.149. The van der Waals surface area contributed by atoms with Gasteiger partial charge in [-0.3, -0.25) is 9.59 Å². The number of hydrogen-bond acceptors (Lipinski definition) is 5. The molecular weight excluding hydrogens is 306 g/mol. The fraction of sp³-hybridized carbons (Fsp3) is 0.467. The van der Waals surface area contributed by atoms with Gasteiger partial charge in [-0.15, -0.1) is 0 Å². The van der Waals surface area contributed by atoms with Crippen molar-refractivity contribution in [3.8, 4) is 0 Å². The van der Waals surface area contributed by atoms with Gasteiger partial charge in [0.2, 0.25) is 0 Å². The van der Waals surface area contributed by atoms with Crippen LogP contribution in [-0.4, -0.2) is 38.4 Å². The highest BCUT2D eigenvalue weighted by Crippen LogP contribution is 2.21. The van der Waals surface area contributed by atoms with E-state index in [4.69, 9.17) is 4.74 Å². The van der Waals surface area contributed by atoms with Gasteiger partial charge in [0.15, 0.2) is 16.4 Å². The topological polar surface area (TPSA) is 89.5 Å². The molecule has 1 heterocycles. The fourth-order valence-electron chi connectivity index (χ4n) is 2.32. The molecule has 0 saturated carbocycles. The summed E-state index contributed by atoms with van der Waals surface area (Å²) in [6.07, 6.45) is 0.531. The van der Waals surface area contributed by atoms with E-state index in [0.29, 0.717) is 13.0 Å². The van der Waals surface area contributed by atoms with Gasteiger partial charge in [-0.05, 0) is 17.9 Å². The van der Waals surface area contributed by atoms with E-state index in [2.05, 4.69) is 5.32 Å². The predicted octanol–water partition coefficient (Wildman–Crippen LogP) is 0.671. The predicted molar refractivity (Wildman–Crippen MR) is 80.6 cm³/mol. The Kier molecular flexibility index (Phi) is 5.54. The van der Waals surface area contributed by atoms with Crippen molar-refractivity contribution in [1.82, 2.24) is 5.32 Å². The Balaban J connectivity index is 1.65. The van der Waals surface area contributed by atoms with Crippen LogP contribution in [0.25, 0.3) is 0 Å². The number of amides is 1. The quantitative estimate of drug-likeness (QED) is 0.777. The molecule has 1 aliphatic heterocycles. The van der Waals surface area contributed by atoms with Crippen molar-refractivity contribution in [2.24, 2.45) is 5.92 Å². The minimum Gasteiger partial charge on any atom is -0.456 e. The number of carbonyl (C=O) groups excluding carboxylic acids is 2. The van der Waals surface area contributed by atoms with Crippen molar-refractivity contribution in [1.29, 1.82) is 0 Å². The maximum atomic E-state index is 11.6. The van der Waals surface area contributed by atoms with Crippen LogP contribution in [0.1, 0.15) is 18.4 Å². The van der Waals surface area contributed by atoms with Gasteiger partial charge in [-0.1, -0.05) is 30.3 Å². The molecule has 0 radical (unpaired) electrons. The standard InChI is InChI=1S/C15H19NO5S/c17-14(16-9-12-4-2-1-3-5-12)10-21-15(18)8-13-6-7-22(19,20)11-13/h1-5,13H,6-11H2,(H,16,17)/t13-/m1/s1. The Morgan fingerprint density at radius 2 is 1.95 bits per heavy atom. The Labute approximate surface area is 129 Å². The molecule has 1 fully saturated rings. The first kappa shape index (κ1) is 16.5. The van der Waals surface area contributed by atoms with Crippen molar-refractivity contribution in [3.05, 3.63) is 35.9 Å². The molecule has 0 spiro atoms. The molecule has 0 aromatic heterocycles. The van der Waals surface area contributed by atoms with Crippen molar-refractivity contribution >= 4 is 21.7 Å². The van der Waals surface area contributed by atoms with E-state index in [0.717, 1.165) is 5.56 Å². The number of benzene rings is 1. The van der Waals surface area contributed by atoms with Crippen LogP contribution >= 0.6 is 0 Å². The normalized spacial score (nSPS) is 19.5. The van der Waals surface area contributed by atoms with E-state index in [9.17, 15) is 18.0 Å². The van der Waals surface area contributed by atoms with Crippen LogP contribution in [0.15, 0.2) is 30.3 Å². The number of hydrogen-bond donors (Lipinski definition) is 1. The SMILES string of the molecule is O=C(COC(=O)C[C@H]1CCS(=O)(=O)C1)NCc1ccccc1. The molecule has 1 N–H and O–H groups in total. The van der Waals surface area contributed by atoms with E-state index in [1.165, 1.54) is 0 Å². The van der Waals surface area contributed by atoms with Crippen LogP contribution < -0.4 is 5.32 Å². The Morgan fingerprint density at radius 1 is 1.23 bits per heavy atom. The number of nitrogens with one attached hydrogen (secondary N) is 1. The maximum absolute atomic E-state index is 11.6. The molecular formula is C15H19NO5S. The number of rotatable bonds is 6. The summed E-state index contributed by atoms with van der Waals surface area (Å²) < 4.78 is 27.5. The summed E-state index contributed by atoms with van der Waals surface area (Å²) in [5.74, 6) is -0.941. The largest absolute Gasteiger partial charge is 0.456 e. The zero-order chi connectivity index (χ0) is 16.0. The molecule has 120 valence electrons. The summed E-state index contributed by atoms with van der Waals surface area (Å²) in [5.41, 5.74) is 0.957. The average molecular weight is 325 g/mol. The Hall–Kier alpha value is -1.89. The Morgan fingerprint density at radius 3 is 2.59 bits per heavy atom. The second-order valence-corrected chi connectivity index (χ2v) is 7.62. The van der Waals surface area contributed by atoms with Gasteiger partial charge >= 0.3 is 5.97 Å². The molecule has 1 aliphatic rings. The third kappa shape index (κ3) is 5.48. The first-order valence-electron chi connectivity index (χ1n) is 7.11. The highest BCUT2D eigenvalue weighted by atomic mass is 32.2. The molecule has 1 atom stereocenters. The maximum Gasteiger partial charge on any atom is 0.306 e. The molecule has 1 amide bonds. The highest BCUT2D eigenvalue weighted by Gasteiger charge is 2.29. The molecule has 0 bridgehead atoms. The second kappa shape index (κ2) is 7.40. The molecule has 1 aromatic carbocycles. The minimum absolute atomic E-state index is 0.0301. The van der Waals surface area contributed by atoms with Gasteiger partial charge in [-0.25, -0.2) is 8.42 Å². The summed E-state index contributed by atoms with van der Waals surface area (Å²) in [6.45, 7) is 0.0310. The number of ether oxygens (including phenoxy) is 1. The zero-order valence-electron chi connectivity index (χ0n) is 12.2. The van der Waals surface area contributed by atoms with Crippen molar-refractivity contribution in [2.45, 2.75) is 19.4 Å². The van der Waals surface area contributed by atoms with Gasteiger partial charge < -0.3 is 10.1 Å². The van der Waals surface area contributed by atoms with Crippen LogP contribution in [0.3, 0.4) is 0 Å². The molecule has 1 aromatic rings. The average Bonchev–Trinajstić information content (AvgIpc) is 2.83. The first-order chi connectivity index (χ1) is 10.4. The number of sulfone groups is 1. The summed E-state index contributed by atoms with van der Waals surface area (Å²) in [4.78, 5) is 23.2. The molecule has 6 nitrogen and oxygen atoms in total. The van der Waals surface area contributed by atoms with Crippen LogP contribution in [0.4, 0.5) is 0 Å². The number of esters is 1. The van der Waals surface area contributed by atoms with Crippen molar-refractivity contribution < 1.29 is 22.7 Å². The lowest BCUT2D eigenvalue weighted by Gasteiger charge is -2.09. The van der Waals surface area contributed by atoms with E-state index in [1.54, 1.807) is 0 Å². The van der Waals surface area contributed by atoms with Crippen LogP contribution in [0, 0.1) is 5.92 Å². The smallest absolute Gasteiger partial charge is 0.306 e. The molecule has 7 heteroatoms. The lowest BCUT2D eigenvalue weighted by Crippen LogP contribution is -2.28.